The Morgan fingerprint density at radius 3 is 2.55 bits per heavy atom. The van der Waals surface area contributed by atoms with Gasteiger partial charge in [-0.3, -0.25) is 5.32 Å². The van der Waals surface area contributed by atoms with Crippen LogP contribution in [0.3, 0.4) is 0 Å². The lowest BCUT2D eigenvalue weighted by atomic mass is 10.2. The summed E-state index contributed by atoms with van der Waals surface area (Å²) >= 11 is 0. The summed E-state index contributed by atoms with van der Waals surface area (Å²) in [6.45, 7) is 0. The highest BCUT2D eigenvalue weighted by molar-refractivity contribution is 5.88. The van der Waals surface area contributed by atoms with Crippen LogP contribution in [0.15, 0.2) is 42.5 Å². The summed E-state index contributed by atoms with van der Waals surface area (Å²) in [4.78, 5) is 11.6. The van der Waals surface area contributed by atoms with Crippen molar-refractivity contribution in [2.24, 2.45) is 0 Å². The van der Waals surface area contributed by atoms with Gasteiger partial charge in [-0.25, -0.2) is 13.6 Å². The third kappa shape index (κ3) is 3.09. The molecule has 4 nitrogen and oxygen atoms in total. The molecule has 2 aromatic carbocycles. The molecule has 0 aliphatic heterocycles. The molecule has 0 aliphatic carbocycles. The number of halogens is 2. The molecule has 1 N–H and O–H groups in total. The fourth-order valence-corrected chi connectivity index (χ4v) is 1.51. The minimum Gasteiger partial charge on any atom is -0.410 e. The number of anilines is 1. The smallest absolute Gasteiger partial charge is 0.410 e. The van der Waals surface area contributed by atoms with Gasteiger partial charge >= 0.3 is 6.09 Å². The van der Waals surface area contributed by atoms with E-state index in [1.54, 1.807) is 24.3 Å². The Kier molecular flexibility index (Phi) is 3.91. The van der Waals surface area contributed by atoms with Crippen LogP contribution in [0.25, 0.3) is 0 Å². The van der Waals surface area contributed by atoms with Crippen molar-refractivity contribution in [2.75, 3.05) is 5.32 Å². The number of carbonyl (C=O) groups excluding carboxylic acids is 1. The van der Waals surface area contributed by atoms with E-state index in [0.717, 1.165) is 6.07 Å². The average molecular weight is 274 g/mol. The van der Waals surface area contributed by atoms with Gasteiger partial charge in [0, 0.05) is 6.07 Å². The van der Waals surface area contributed by atoms with E-state index in [4.69, 9.17) is 10.00 Å². The molecule has 0 aliphatic rings. The van der Waals surface area contributed by atoms with Crippen LogP contribution in [0.5, 0.6) is 5.75 Å². The lowest BCUT2D eigenvalue weighted by Crippen LogP contribution is -2.18. The monoisotopic (exact) mass is 274 g/mol. The van der Waals surface area contributed by atoms with Gasteiger partial charge in [0.2, 0.25) is 0 Å². The maximum absolute atomic E-state index is 13.5. The Morgan fingerprint density at radius 2 is 1.90 bits per heavy atom. The summed E-state index contributed by atoms with van der Waals surface area (Å²) in [5, 5.41) is 10.9. The molecule has 100 valence electrons. The first-order chi connectivity index (χ1) is 9.60. The van der Waals surface area contributed by atoms with Crippen LogP contribution in [-0.2, 0) is 0 Å². The second-order valence-corrected chi connectivity index (χ2v) is 3.75. The molecule has 2 rings (SSSR count). The minimum absolute atomic E-state index is 0.256. The Hall–Kier alpha value is -2.94. The van der Waals surface area contributed by atoms with Crippen molar-refractivity contribution >= 4 is 11.8 Å². The minimum atomic E-state index is -1.05. The van der Waals surface area contributed by atoms with E-state index in [2.05, 4.69) is 5.32 Å². The molecule has 6 heteroatoms. The highest BCUT2D eigenvalue weighted by Crippen LogP contribution is 2.21. The van der Waals surface area contributed by atoms with Gasteiger partial charge in [0.1, 0.15) is 17.6 Å². The lowest BCUT2D eigenvalue weighted by Gasteiger charge is -2.09. The van der Waals surface area contributed by atoms with Gasteiger partial charge in [-0.05, 0) is 18.2 Å². The van der Waals surface area contributed by atoms with Gasteiger partial charge in [-0.1, -0.05) is 18.2 Å². The fraction of sp³-hybridized carbons (Fsp3) is 0. The Labute approximate surface area is 113 Å². The fourth-order valence-electron chi connectivity index (χ4n) is 1.51. The molecule has 0 heterocycles. The van der Waals surface area contributed by atoms with Crippen LogP contribution < -0.4 is 10.1 Å². The van der Waals surface area contributed by atoms with Crippen molar-refractivity contribution in [3.8, 4) is 11.8 Å². The number of ether oxygens (including phenoxy) is 1. The van der Waals surface area contributed by atoms with Crippen molar-refractivity contribution in [1.29, 1.82) is 5.26 Å². The van der Waals surface area contributed by atoms with Crippen LogP contribution in [0.1, 0.15) is 5.56 Å². The van der Waals surface area contributed by atoms with Crippen LogP contribution in [0.2, 0.25) is 0 Å². The zero-order valence-electron chi connectivity index (χ0n) is 10.1. The van der Waals surface area contributed by atoms with Crippen molar-refractivity contribution in [3.63, 3.8) is 0 Å². The highest BCUT2D eigenvalue weighted by Gasteiger charge is 2.15. The summed E-state index contributed by atoms with van der Waals surface area (Å²) in [5.74, 6) is -1.70. The summed E-state index contributed by atoms with van der Waals surface area (Å²) in [6.07, 6.45) is -0.974. The number of amides is 1. The number of hydrogen-bond acceptors (Lipinski definition) is 3. The normalized spacial score (nSPS) is 9.65. The summed E-state index contributed by atoms with van der Waals surface area (Å²) in [7, 11) is 0. The Balaban J connectivity index is 2.18. The molecule has 1 amide bonds. The van der Waals surface area contributed by atoms with Gasteiger partial charge in [-0.2, -0.15) is 5.26 Å². The molecule has 0 aromatic heterocycles. The second-order valence-electron chi connectivity index (χ2n) is 3.75. The van der Waals surface area contributed by atoms with Crippen molar-refractivity contribution in [3.05, 3.63) is 59.7 Å². The van der Waals surface area contributed by atoms with Crippen molar-refractivity contribution in [2.45, 2.75) is 0 Å². The Bertz CT molecular complexity index is 682. The Morgan fingerprint density at radius 1 is 1.20 bits per heavy atom. The molecule has 0 atom stereocenters. The van der Waals surface area contributed by atoms with E-state index in [-0.39, 0.29) is 11.3 Å². The first-order valence-electron chi connectivity index (χ1n) is 5.53. The molecule has 2 aromatic rings. The molecule has 0 spiro atoms. The zero-order valence-corrected chi connectivity index (χ0v) is 10.1. The van der Waals surface area contributed by atoms with Gasteiger partial charge in [0.05, 0.1) is 11.3 Å². The SMILES string of the molecule is N#Cc1cc(F)cc(F)c1NC(=O)Oc1ccccc1. The first kappa shape index (κ1) is 13.5. The molecule has 0 saturated carbocycles. The zero-order chi connectivity index (χ0) is 14.5. The highest BCUT2D eigenvalue weighted by atomic mass is 19.1. The second kappa shape index (κ2) is 5.80. The quantitative estimate of drug-likeness (QED) is 0.912. The maximum atomic E-state index is 13.5. The number of benzene rings is 2. The van der Waals surface area contributed by atoms with E-state index in [9.17, 15) is 13.6 Å². The predicted molar refractivity (Wildman–Crippen MR) is 67.2 cm³/mol. The molecule has 0 bridgehead atoms. The van der Waals surface area contributed by atoms with E-state index in [1.807, 2.05) is 0 Å². The number of carbonyl (C=O) groups is 1. The van der Waals surface area contributed by atoms with Crippen LogP contribution in [0, 0.1) is 23.0 Å². The molecule has 20 heavy (non-hydrogen) atoms. The average Bonchev–Trinajstić information content (AvgIpc) is 2.42. The number of rotatable bonds is 2. The van der Waals surface area contributed by atoms with Crippen molar-refractivity contribution in [1.82, 2.24) is 0 Å². The third-order valence-electron chi connectivity index (χ3n) is 2.36. The summed E-state index contributed by atoms with van der Waals surface area (Å²) in [5.41, 5.74) is -0.748. The van der Waals surface area contributed by atoms with E-state index < -0.39 is 23.4 Å². The molecular weight excluding hydrogens is 266 g/mol. The maximum Gasteiger partial charge on any atom is 0.417 e. The summed E-state index contributed by atoms with van der Waals surface area (Å²) < 4.78 is 31.4. The molecule has 0 radical (unpaired) electrons. The number of nitrogens with zero attached hydrogens (tertiary/aromatic N) is 1. The van der Waals surface area contributed by atoms with Crippen LogP contribution in [-0.4, -0.2) is 6.09 Å². The number of para-hydroxylation sites is 1. The first-order valence-corrected chi connectivity index (χ1v) is 5.53. The molecular formula is C14H8F2N2O2. The van der Waals surface area contributed by atoms with Gasteiger partial charge in [0.25, 0.3) is 0 Å². The number of nitriles is 1. The van der Waals surface area contributed by atoms with Gasteiger partial charge in [0.15, 0.2) is 5.82 Å². The molecule has 0 unspecified atom stereocenters. The van der Waals surface area contributed by atoms with E-state index in [0.29, 0.717) is 6.07 Å². The summed E-state index contributed by atoms with van der Waals surface area (Å²) in [6, 6.07) is 11.1. The van der Waals surface area contributed by atoms with Gasteiger partial charge < -0.3 is 4.74 Å². The largest absolute Gasteiger partial charge is 0.417 e. The topological polar surface area (TPSA) is 62.1 Å². The van der Waals surface area contributed by atoms with E-state index in [1.165, 1.54) is 12.1 Å². The predicted octanol–water partition coefficient (Wildman–Crippen LogP) is 3.45. The van der Waals surface area contributed by atoms with Gasteiger partial charge in [-0.15, -0.1) is 0 Å². The van der Waals surface area contributed by atoms with E-state index >= 15 is 0 Å². The molecule has 0 fully saturated rings. The number of nitrogens with one attached hydrogen (secondary N) is 1. The van der Waals surface area contributed by atoms with Crippen LogP contribution in [0.4, 0.5) is 19.3 Å². The number of hydrogen-bond donors (Lipinski definition) is 1. The third-order valence-corrected chi connectivity index (χ3v) is 2.36. The standard InChI is InChI=1S/C14H8F2N2O2/c15-10-6-9(8-17)13(12(16)7-10)18-14(19)20-11-4-2-1-3-5-11/h1-7H,(H,18,19). The lowest BCUT2D eigenvalue weighted by molar-refractivity contribution is 0.215. The van der Waals surface area contributed by atoms with Crippen LogP contribution >= 0.6 is 0 Å². The molecule has 0 saturated heterocycles. The van der Waals surface area contributed by atoms with Crippen molar-refractivity contribution < 1.29 is 18.3 Å².